The molecule has 1 atom stereocenters. The van der Waals surface area contributed by atoms with Crippen LogP contribution in [0.1, 0.15) is 5.56 Å². The topological polar surface area (TPSA) is 69.6 Å². The number of carbonyl (C=O) groups excluding carboxylic acids is 1. The van der Waals surface area contributed by atoms with Crippen LogP contribution < -0.4 is 5.32 Å². The van der Waals surface area contributed by atoms with E-state index in [2.05, 4.69) is 5.32 Å². The van der Waals surface area contributed by atoms with Gasteiger partial charge in [0.2, 0.25) is 5.91 Å². The highest BCUT2D eigenvalue weighted by molar-refractivity contribution is 5.85. The van der Waals surface area contributed by atoms with E-state index in [1.807, 2.05) is 54.6 Å². The third-order valence-electron chi connectivity index (χ3n) is 3.54. The fourth-order valence-electron chi connectivity index (χ4n) is 2.36. The Morgan fingerprint density at radius 3 is 2.09 bits per heavy atom. The minimum Gasteiger partial charge on any atom is -0.465 e. The molecule has 0 fully saturated rings. The molecule has 120 valence electrons. The lowest BCUT2D eigenvalue weighted by Gasteiger charge is -2.20. The summed E-state index contributed by atoms with van der Waals surface area (Å²) in [6, 6.07) is 17.0. The fourth-order valence-corrected chi connectivity index (χ4v) is 2.36. The van der Waals surface area contributed by atoms with Crippen LogP contribution in [0.5, 0.6) is 0 Å². The number of nitrogens with zero attached hydrogens (tertiary/aromatic N) is 1. The number of hydrogen-bond donors (Lipinski definition) is 2. The van der Waals surface area contributed by atoms with E-state index < -0.39 is 12.1 Å². The molecule has 0 spiro atoms. The van der Waals surface area contributed by atoms with E-state index >= 15 is 0 Å². The zero-order chi connectivity index (χ0) is 16.8. The van der Waals surface area contributed by atoms with Crippen molar-refractivity contribution < 1.29 is 14.7 Å². The van der Waals surface area contributed by atoms with Gasteiger partial charge in [0.05, 0.1) is 0 Å². The zero-order valence-corrected chi connectivity index (χ0v) is 13.2. The van der Waals surface area contributed by atoms with E-state index in [-0.39, 0.29) is 5.91 Å². The molecule has 0 aliphatic heterocycles. The minimum atomic E-state index is -1.20. The molecule has 0 saturated heterocycles. The highest BCUT2D eigenvalue weighted by Crippen LogP contribution is 2.19. The molecular formula is C18H20N2O3. The van der Waals surface area contributed by atoms with Crippen LogP contribution in [0.3, 0.4) is 0 Å². The number of nitrogens with one attached hydrogen (secondary N) is 1. The predicted molar refractivity (Wildman–Crippen MR) is 89.2 cm³/mol. The first kappa shape index (κ1) is 16.5. The van der Waals surface area contributed by atoms with Crippen molar-refractivity contribution in [2.45, 2.75) is 12.5 Å². The number of hydrogen-bond acceptors (Lipinski definition) is 2. The highest BCUT2D eigenvalue weighted by atomic mass is 16.4. The zero-order valence-electron chi connectivity index (χ0n) is 13.2. The third kappa shape index (κ3) is 4.57. The highest BCUT2D eigenvalue weighted by Gasteiger charge is 2.22. The van der Waals surface area contributed by atoms with Gasteiger partial charge in [0.1, 0.15) is 6.04 Å². The second-order valence-electron chi connectivity index (χ2n) is 5.50. The van der Waals surface area contributed by atoms with Gasteiger partial charge in [0, 0.05) is 20.5 Å². The normalized spacial score (nSPS) is 11.6. The average molecular weight is 312 g/mol. The Labute approximate surface area is 135 Å². The van der Waals surface area contributed by atoms with Crippen LogP contribution in [0.25, 0.3) is 11.1 Å². The van der Waals surface area contributed by atoms with Gasteiger partial charge in [-0.25, -0.2) is 4.79 Å². The van der Waals surface area contributed by atoms with Crippen molar-refractivity contribution in [3.63, 3.8) is 0 Å². The SMILES string of the molecule is CN(C)C(=O)[C@H](Cc1ccc(-c2ccccc2)cc1)NC(=O)O. The quantitative estimate of drug-likeness (QED) is 0.891. The summed E-state index contributed by atoms with van der Waals surface area (Å²) >= 11 is 0. The molecule has 0 unspecified atom stereocenters. The first-order chi connectivity index (χ1) is 11.0. The van der Waals surface area contributed by atoms with Crippen LogP contribution in [-0.2, 0) is 11.2 Å². The van der Waals surface area contributed by atoms with Crippen LogP contribution in [0, 0.1) is 0 Å². The molecule has 2 rings (SSSR count). The molecule has 2 aromatic carbocycles. The molecule has 0 heterocycles. The van der Waals surface area contributed by atoms with Gasteiger partial charge in [0.25, 0.3) is 0 Å². The number of benzene rings is 2. The van der Waals surface area contributed by atoms with Crippen molar-refractivity contribution in [1.82, 2.24) is 10.2 Å². The van der Waals surface area contributed by atoms with Crippen molar-refractivity contribution >= 4 is 12.0 Å². The first-order valence-electron chi connectivity index (χ1n) is 7.32. The summed E-state index contributed by atoms with van der Waals surface area (Å²) in [4.78, 5) is 24.3. The Bertz CT molecular complexity index is 666. The maximum Gasteiger partial charge on any atom is 0.405 e. The number of likely N-dealkylation sites (N-methyl/N-ethyl adjacent to an activating group) is 1. The second kappa shape index (κ2) is 7.45. The number of amides is 2. The molecule has 0 bridgehead atoms. The Hall–Kier alpha value is -2.82. The van der Waals surface area contributed by atoms with Gasteiger partial charge in [-0.3, -0.25) is 4.79 Å². The number of carbonyl (C=O) groups is 2. The summed E-state index contributed by atoms with van der Waals surface area (Å²) in [5, 5.41) is 11.2. The summed E-state index contributed by atoms with van der Waals surface area (Å²) in [5.41, 5.74) is 3.10. The van der Waals surface area contributed by atoms with E-state index in [1.54, 1.807) is 14.1 Å². The van der Waals surface area contributed by atoms with Gasteiger partial charge in [-0.15, -0.1) is 0 Å². The van der Waals surface area contributed by atoms with E-state index in [4.69, 9.17) is 5.11 Å². The summed E-state index contributed by atoms with van der Waals surface area (Å²) in [6.45, 7) is 0. The van der Waals surface area contributed by atoms with E-state index in [0.717, 1.165) is 16.7 Å². The lowest BCUT2D eigenvalue weighted by atomic mass is 10.0. The standard InChI is InChI=1S/C18H20N2O3/c1-20(2)17(21)16(19-18(22)23)12-13-8-10-15(11-9-13)14-6-4-3-5-7-14/h3-11,16,19H,12H2,1-2H3,(H,22,23)/t16-/m0/s1. The molecule has 5 heteroatoms. The summed E-state index contributed by atoms with van der Waals surface area (Å²) in [7, 11) is 3.22. The molecule has 0 aliphatic carbocycles. The van der Waals surface area contributed by atoms with Crippen LogP contribution in [0.4, 0.5) is 4.79 Å². The lowest BCUT2D eigenvalue weighted by molar-refractivity contribution is -0.130. The molecule has 5 nitrogen and oxygen atoms in total. The van der Waals surface area contributed by atoms with Gasteiger partial charge in [-0.2, -0.15) is 0 Å². The molecule has 2 amide bonds. The largest absolute Gasteiger partial charge is 0.465 e. The summed E-state index contributed by atoms with van der Waals surface area (Å²) < 4.78 is 0. The van der Waals surface area contributed by atoms with Crippen molar-refractivity contribution in [2.24, 2.45) is 0 Å². The third-order valence-corrected chi connectivity index (χ3v) is 3.54. The number of rotatable bonds is 5. The van der Waals surface area contributed by atoms with Crippen LogP contribution >= 0.6 is 0 Å². The minimum absolute atomic E-state index is 0.264. The van der Waals surface area contributed by atoms with Crippen molar-refractivity contribution in [1.29, 1.82) is 0 Å². The Morgan fingerprint density at radius 2 is 1.57 bits per heavy atom. The molecule has 0 radical (unpaired) electrons. The van der Waals surface area contributed by atoms with E-state index in [1.165, 1.54) is 4.90 Å². The molecule has 0 aromatic heterocycles. The fraction of sp³-hybridized carbons (Fsp3) is 0.222. The van der Waals surface area contributed by atoms with Crippen LogP contribution in [0.15, 0.2) is 54.6 Å². The van der Waals surface area contributed by atoms with E-state index in [9.17, 15) is 9.59 Å². The Kier molecular flexibility index (Phi) is 5.36. The first-order valence-corrected chi connectivity index (χ1v) is 7.32. The van der Waals surface area contributed by atoms with Gasteiger partial charge >= 0.3 is 6.09 Å². The smallest absolute Gasteiger partial charge is 0.405 e. The lowest BCUT2D eigenvalue weighted by Crippen LogP contribution is -2.47. The average Bonchev–Trinajstić information content (AvgIpc) is 2.54. The predicted octanol–water partition coefficient (Wildman–Crippen LogP) is 2.62. The van der Waals surface area contributed by atoms with Gasteiger partial charge < -0.3 is 15.3 Å². The van der Waals surface area contributed by atoms with E-state index in [0.29, 0.717) is 6.42 Å². The van der Waals surface area contributed by atoms with Crippen molar-refractivity contribution in [2.75, 3.05) is 14.1 Å². The second-order valence-corrected chi connectivity index (χ2v) is 5.50. The molecule has 2 N–H and O–H groups in total. The van der Waals surface area contributed by atoms with Crippen LogP contribution in [-0.4, -0.2) is 42.1 Å². The molecular weight excluding hydrogens is 292 g/mol. The molecule has 0 aliphatic rings. The monoisotopic (exact) mass is 312 g/mol. The Morgan fingerprint density at radius 1 is 1.00 bits per heavy atom. The van der Waals surface area contributed by atoms with Gasteiger partial charge in [-0.05, 0) is 16.7 Å². The summed E-state index contributed by atoms with van der Waals surface area (Å²) in [6.07, 6.45) is -0.885. The van der Waals surface area contributed by atoms with Crippen molar-refractivity contribution in [3.05, 3.63) is 60.2 Å². The molecule has 2 aromatic rings. The van der Waals surface area contributed by atoms with Crippen LogP contribution in [0.2, 0.25) is 0 Å². The number of carboxylic acid groups (broad SMARTS) is 1. The van der Waals surface area contributed by atoms with Gasteiger partial charge in [0.15, 0.2) is 0 Å². The maximum atomic E-state index is 12.1. The van der Waals surface area contributed by atoms with Crippen molar-refractivity contribution in [3.8, 4) is 11.1 Å². The summed E-state index contributed by atoms with van der Waals surface area (Å²) in [5.74, 6) is -0.264. The molecule has 0 saturated carbocycles. The van der Waals surface area contributed by atoms with Gasteiger partial charge in [-0.1, -0.05) is 54.6 Å². The maximum absolute atomic E-state index is 12.1. The molecule has 23 heavy (non-hydrogen) atoms. The Balaban J connectivity index is 2.14.